The molecule has 0 saturated heterocycles. The van der Waals surface area contributed by atoms with E-state index in [-0.39, 0.29) is 5.91 Å². The first-order chi connectivity index (χ1) is 10.1. The molecule has 3 nitrogen and oxygen atoms in total. The van der Waals surface area contributed by atoms with Gasteiger partial charge in [0, 0.05) is 10.6 Å². The van der Waals surface area contributed by atoms with Crippen molar-refractivity contribution in [3.05, 3.63) is 64.2 Å². The van der Waals surface area contributed by atoms with E-state index in [1.165, 1.54) is 0 Å². The minimum atomic E-state index is -0.128. The molecule has 2 aromatic carbocycles. The van der Waals surface area contributed by atoms with Gasteiger partial charge < -0.3 is 10.1 Å². The molecule has 21 heavy (non-hydrogen) atoms. The molecule has 0 saturated carbocycles. The van der Waals surface area contributed by atoms with Gasteiger partial charge in [0.25, 0.3) is 5.91 Å². The first-order valence-electron chi connectivity index (χ1n) is 6.80. The summed E-state index contributed by atoms with van der Waals surface area (Å²) in [6.07, 6.45) is 0. The highest BCUT2D eigenvalue weighted by atomic mass is 35.5. The first kappa shape index (κ1) is 15.4. The van der Waals surface area contributed by atoms with Crippen LogP contribution in [0.2, 0.25) is 5.02 Å². The van der Waals surface area contributed by atoms with Gasteiger partial charge in [-0.25, -0.2) is 0 Å². The molecule has 0 aliphatic heterocycles. The molecule has 0 heterocycles. The standard InChI is InChI=1S/C17H18ClNO2/c1-12-3-4-13(2)16(11-12)21-10-9-19-17(20)14-5-7-15(18)8-6-14/h3-8,11H,9-10H2,1-2H3,(H,19,20). The van der Waals surface area contributed by atoms with Crippen LogP contribution in [0.25, 0.3) is 0 Å². The highest BCUT2D eigenvalue weighted by Crippen LogP contribution is 2.18. The van der Waals surface area contributed by atoms with Crippen molar-refractivity contribution in [1.29, 1.82) is 0 Å². The Labute approximate surface area is 129 Å². The van der Waals surface area contributed by atoms with Gasteiger partial charge in [-0.3, -0.25) is 4.79 Å². The molecule has 0 bridgehead atoms. The number of aryl methyl sites for hydroxylation is 2. The van der Waals surface area contributed by atoms with Gasteiger partial charge in [-0.05, 0) is 55.3 Å². The van der Waals surface area contributed by atoms with E-state index in [0.717, 1.165) is 16.9 Å². The number of rotatable bonds is 5. The third-order valence-electron chi connectivity index (χ3n) is 3.10. The zero-order valence-corrected chi connectivity index (χ0v) is 12.9. The molecule has 2 rings (SSSR count). The molecule has 0 unspecified atom stereocenters. The van der Waals surface area contributed by atoms with Crippen molar-refractivity contribution in [2.75, 3.05) is 13.2 Å². The van der Waals surface area contributed by atoms with E-state index < -0.39 is 0 Å². The van der Waals surface area contributed by atoms with Gasteiger partial charge in [0.2, 0.25) is 0 Å². The Bertz CT molecular complexity index is 623. The minimum absolute atomic E-state index is 0.128. The summed E-state index contributed by atoms with van der Waals surface area (Å²) in [5, 5.41) is 3.43. The summed E-state index contributed by atoms with van der Waals surface area (Å²) in [4.78, 5) is 11.9. The Morgan fingerprint density at radius 1 is 1.14 bits per heavy atom. The lowest BCUT2D eigenvalue weighted by atomic mass is 10.1. The quantitative estimate of drug-likeness (QED) is 0.854. The summed E-state index contributed by atoms with van der Waals surface area (Å²) in [6.45, 7) is 4.91. The maximum atomic E-state index is 11.9. The molecule has 2 aromatic rings. The van der Waals surface area contributed by atoms with Gasteiger partial charge in [0.1, 0.15) is 12.4 Å². The number of hydrogen-bond donors (Lipinski definition) is 1. The number of hydrogen-bond acceptors (Lipinski definition) is 2. The van der Waals surface area contributed by atoms with Crippen LogP contribution in [0.1, 0.15) is 21.5 Å². The van der Waals surface area contributed by atoms with Crippen molar-refractivity contribution in [2.24, 2.45) is 0 Å². The average molecular weight is 304 g/mol. The summed E-state index contributed by atoms with van der Waals surface area (Å²) in [6, 6.07) is 12.9. The monoisotopic (exact) mass is 303 g/mol. The van der Waals surface area contributed by atoms with Crippen LogP contribution in [0.3, 0.4) is 0 Å². The number of halogens is 1. The van der Waals surface area contributed by atoms with Crippen LogP contribution >= 0.6 is 11.6 Å². The lowest BCUT2D eigenvalue weighted by Gasteiger charge is -2.10. The molecule has 1 amide bonds. The smallest absolute Gasteiger partial charge is 0.251 e. The Kier molecular flexibility index (Phi) is 5.23. The predicted molar refractivity (Wildman–Crippen MR) is 85.2 cm³/mol. The van der Waals surface area contributed by atoms with Crippen LogP contribution in [0.4, 0.5) is 0 Å². The van der Waals surface area contributed by atoms with Gasteiger partial charge in [-0.15, -0.1) is 0 Å². The third-order valence-corrected chi connectivity index (χ3v) is 3.35. The van der Waals surface area contributed by atoms with E-state index >= 15 is 0 Å². The van der Waals surface area contributed by atoms with Crippen LogP contribution in [0.15, 0.2) is 42.5 Å². The van der Waals surface area contributed by atoms with E-state index in [1.54, 1.807) is 24.3 Å². The molecule has 0 spiro atoms. The van der Waals surface area contributed by atoms with Crippen molar-refractivity contribution in [3.63, 3.8) is 0 Å². The average Bonchev–Trinajstić information content (AvgIpc) is 2.47. The summed E-state index contributed by atoms with van der Waals surface area (Å²) in [7, 11) is 0. The number of benzene rings is 2. The molecule has 110 valence electrons. The van der Waals surface area contributed by atoms with Crippen molar-refractivity contribution in [1.82, 2.24) is 5.32 Å². The number of carbonyl (C=O) groups excluding carboxylic acids is 1. The molecule has 0 radical (unpaired) electrons. The first-order valence-corrected chi connectivity index (χ1v) is 7.18. The fraction of sp³-hybridized carbons (Fsp3) is 0.235. The maximum Gasteiger partial charge on any atom is 0.251 e. The highest BCUT2D eigenvalue weighted by Gasteiger charge is 2.05. The molecular formula is C17H18ClNO2. The molecule has 0 aliphatic carbocycles. The van der Waals surface area contributed by atoms with Crippen molar-refractivity contribution in [2.45, 2.75) is 13.8 Å². The minimum Gasteiger partial charge on any atom is -0.491 e. The number of nitrogens with one attached hydrogen (secondary N) is 1. The Hall–Kier alpha value is -2.00. The third kappa shape index (κ3) is 4.50. The Morgan fingerprint density at radius 2 is 1.86 bits per heavy atom. The maximum absolute atomic E-state index is 11.9. The van der Waals surface area contributed by atoms with E-state index in [1.807, 2.05) is 32.0 Å². The van der Waals surface area contributed by atoms with Gasteiger partial charge >= 0.3 is 0 Å². The van der Waals surface area contributed by atoms with Crippen LogP contribution in [0.5, 0.6) is 5.75 Å². The van der Waals surface area contributed by atoms with Crippen LogP contribution in [-0.2, 0) is 0 Å². The second-order valence-corrected chi connectivity index (χ2v) is 5.32. The SMILES string of the molecule is Cc1ccc(C)c(OCCNC(=O)c2ccc(Cl)cc2)c1. The van der Waals surface area contributed by atoms with Crippen LogP contribution in [0, 0.1) is 13.8 Å². The predicted octanol–water partition coefficient (Wildman–Crippen LogP) is 3.77. The fourth-order valence-electron chi connectivity index (χ4n) is 1.89. The zero-order valence-electron chi connectivity index (χ0n) is 12.2. The van der Waals surface area contributed by atoms with Crippen molar-refractivity contribution in [3.8, 4) is 5.75 Å². The molecule has 4 heteroatoms. The van der Waals surface area contributed by atoms with Gasteiger partial charge in [0.15, 0.2) is 0 Å². The molecule has 0 aromatic heterocycles. The van der Waals surface area contributed by atoms with Crippen LogP contribution in [-0.4, -0.2) is 19.1 Å². The van der Waals surface area contributed by atoms with Gasteiger partial charge in [0.05, 0.1) is 6.54 Å². The lowest BCUT2D eigenvalue weighted by molar-refractivity contribution is 0.0947. The summed E-state index contributed by atoms with van der Waals surface area (Å²) in [5.41, 5.74) is 2.83. The second kappa shape index (κ2) is 7.14. The van der Waals surface area contributed by atoms with Crippen LogP contribution < -0.4 is 10.1 Å². The van der Waals surface area contributed by atoms with Gasteiger partial charge in [-0.1, -0.05) is 23.7 Å². The molecule has 0 aliphatic rings. The number of amides is 1. The van der Waals surface area contributed by atoms with E-state index in [2.05, 4.69) is 5.32 Å². The Morgan fingerprint density at radius 3 is 2.57 bits per heavy atom. The number of carbonyl (C=O) groups is 1. The van der Waals surface area contributed by atoms with E-state index in [0.29, 0.717) is 23.7 Å². The van der Waals surface area contributed by atoms with Crippen molar-refractivity contribution < 1.29 is 9.53 Å². The Balaban J connectivity index is 1.80. The van der Waals surface area contributed by atoms with E-state index in [9.17, 15) is 4.79 Å². The zero-order chi connectivity index (χ0) is 15.2. The second-order valence-electron chi connectivity index (χ2n) is 4.88. The lowest BCUT2D eigenvalue weighted by Crippen LogP contribution is -2.28. The molecule has 0 fully saturated rings. The summed E-state index contributed by atoms with van der Waals surface area (Å²) < 4.78 is 5.69. The normalized spacial score (nSPS) is 10.2. The highest BCUT2D eigenvalue weighted by molar-refractivity contribution is 6.30. The molecular weight excluding hydrogens is 286 g/mol. The summed E-state index contributed by atoms with van der Waals surface area (Å²) in [5.74, 6) is 0.729. The largest absolute Gasteiger partial charge is 0.491 e. The van der Waals surface area contributed by atoms with E-state index in [4.69, 9.17) is 16.3 Å². The topological polar surface area (TPSA) is 38.3 Å². The fourth-order valence-corrected chi connectivity index (χ4v) is 2.02. The molecule has 1 N–H and O–H groups in total. The van der Waals surface area contributed by atoms with Crippen molar-refractivity contribution >= 4 is 17.5 Å². The number of ether oxygens (including phenoxy) is 1. The summed E-state index contributed by atoms with van der Waals surface area (Å²) >= 11 is 5.79. The van der Waals surface area contributed by atoms with Gasteiger partial charge in [-0.2, -0.15) is 0 Å². The molecule has 0 atom stereocenters.